The highest BCUT2D eigenvalue weighted by Gasteiger charge is 2.16. The normalized spacial score (nSPS) is 11.0. The second-order valence-corrected chi connectivity index (χ2v) is 21.4. The third-order valence-corrected chi connectivity index (χ3v) is 14.7. The molecule has 4 heterocycles. The average Bonchev–Trinajstić information content (AvgIpc) is 0.874. The summed E-state index contributed by atoms with van der Waals surface area (Å²) in [4.78, 5) is 19.9. The maximum atomic E-state index is 6.16. The minimum atomic E-state index is 0.209. The lowest BCUT2D eigenvalue weighted by Crippen LogP contribution is -2.13. The molecule has 16 heteroatoms. The Morgan fingerprint density at radius 3 is 0.913 bits per heavy atom. The van der Waals surface area contributed by atoms with E-state index in [0.29, 0.717) is 75.9 Å². The predicted octanol–water partition coefficient (Wildman–Crippen LogP) is 15.2. The van der Waals surface area contributed by atoms with Crippen LogP contribution >= 0.6 is 0 Å². The van der Waals surface area contributed by atoms with Gasteiger partial charge in [-0.05, 0) is 185 Å². The van der Waals surface area contributed by atoms with Gasteiger partial charge in [0, 0.05) is 11.4 Å². The molecule has 0 aliphatic heterocycles. The highest BCUT2D eigenvalue weighted by atomic mass is 16.6. The molecule has 0 aliphatic rings. The highest BCUT2D eigenvalue weighted by Crippen LogP contribution is 2.34. The molecule has 16 nitrogen and oxygen atoms in total. The van der Waals surface area contributed by atoms with E-state index in [1.165, 1.54) is 0 Å². The molecule has 0 saturated carbocycles. The van der Waals surface area contributed by atoms with E-state index in [2.05, 4.69) is 43.0 Å². The van der Waals surface area contributed by atoms with Crippen LogP contribution in [0.3, 0.4) is 0 Å². The van der Waals surface area contributed by atoms with Crippen molar-refractivity contribution < 1.29 is 56.8 Å². The number of benzene rings is 6. The second kappa shape index (κ2) is 33.1. The van der Waals surface area contributed by atoms with E-state index in [0.717, 1.165) is 119 Å². The molecule has 0 radical (unpaired) electrons. The Kier molecular flexibility index (Phi) is 23.3. The molecular weight excluding hydrogens is 1160 g/mol. The lowest BCUT2D eigenvalue weighted by Gasteiger charge is -2.16. The zero-order valence-corrected chi connectivity index (χ0v) is 52.9. The fraction of sp³-hybridized carbons (Fsp3) is 0.237. The number of aryl methyl sites for hydroxylation is 2. The summed E-state index contributed by atoms with van der Waals surface area (Å²) in [5.41, 5.74) is 15.2. The Labute approximate surface area is 538 Å². The van der Waals surface area contributed by atoms with Crippen molar-refractivity contribution in [1.82, 2.24) is 19.9 Å². The number of pyridine rings is 4. The first-order valence-corrected chi connectivity index (χ1v) is 30.3. The van der Waals surface area contributed by atoms with Crippen LogP contribution in [0.2, 0.25) is 0 Å². The first kappa shape index (κ1) is 64.9. The van der Waals surface area contributed by atoms with Crippen molar-refractivity contribution in [2.24, 2.45) is 0 Å². The van der Waals surface area contributed by atoms with Crippen molar-refractivity contribution in [1.29, 1.82) is 0 Å². The summed E-state index contributed by atoms with van der Waals surface area (Å²) < 4.78 is 70.2. The summed E-state index contributed by atoms with van der Waals surface area (Å²) in [6, 6.07) is 63.4. The van der Waals surface area contributed by atoms with Gasteiger partial charge in [0.25, 0.3) is 0 Å². The molecule has 0 N–H and O–H groups in total. The van der Waals surface area contributed by atoms with Gasteiger partial charge in [0.1, 0.15) is 49.4 Å². The maximum absolute atomic E-state index is 6.16. The Morgan fingerprint density at radius 1 is 0.304 bits per heavy atom. The van der Waals surface area contributed by atoms with Crippen molar-refractivity contribution in [3.8, 4) is 113 Å². The summed E-state index contributed by atoms with van der Waals surface area (Å²) in [7, 11) is 6.64. The van der Waals surface area contributed by atoms with Crippen LogP contribution in [-0.2, 0) is 32.2 Å². The van der Waals surface area contributed by atoms with Gasteiger partial charge in [0.2, 0.25) is 0 Å². The molecule has 0 unspecified atom stereocenters. The molecule has 10 rings (SSSR count). The molecule has 0 spiro atoms. The molecule has 0 fully saturated rings. The largest absolute Gasteiger partial charge is 0.497 e. The monoisotopic (exact) mass is 1240 g/mol. The van der Waals surface area contributed by atoms with Crippen molar-refractivity contribution in [2.45, 2.75) is 27.1 Å². The van der Waals surface area contributed by atoms with E-state index in [1.807, 2.05) is 172 Å². The van der Waals surface area contributed by atoms with Gasteiger partial charge in [-0.25, -0.2) is 9.97 Å². The van der Waals surface area contributed by atoms with Gasteiger partial charge >= 0.3 is 0 Å². The Bertz CT molecular complexity index is 3740. The fourth-order valence-electron chi connectivity index (χ4n) is 9.98. The SMILES string of the molecule is C=C(COc1ccccc1OCCOCCOCc1cc(-c2ccc(OC)cc2)cc(-c2cc(-c3ccc(OC)cc3)cc(C)n2)n1)COc1ccccc1OCCOCCOCc1cc(-c2ccc(OC)cc2)cc(-c2cc(-c3ccc(OC)cc3)cc(C)n2)n1. The van der Waals surface area contributed by atoms with Crippen LogP contribution in [0.25, 0.3) is 67.3 Å². The first-order chi connectivity index (χ1) is 45.1. The lowest BCUT2D eigenvalue weighted by atomic mass is 10.0. The molecule has 92 heavy (non-hydrogen) atoms. The van der Waals surface area contributed by atoms with Crippen molar-refractivity contribution >= 4 is 0 Å². The van der Waals surface area contributed by atoms with Gasteiger partial charge in [0.15, 0.2) is 23.0 Å². The third-order valence-electron chi connectivity index (χ3n) is 14.7. The first-order valence-electron chi connectivity index (χ1n) is 30.3. The predicted molar refractivity (Wildman–Crippen MR) is 357 cm³/mol. The van der Waals surface area contributed by atoms with Gasteiger partial charge in [0.05, 0.1) is 115 Å². The quantitative estimate of drug-likeness (QED) is 0.0276. The van der Waals surface area contributed by atoms with Crippen molar-refractivity contribution in [3.63, 3.8) is 0 Å². The minimum absolute atomic E-state index is 0.209. The number of para-hydroxylation sites is 4. The Hall–Kier alpha value is -10.1. The smallest absolute Gasteiger partial charge is 0.161 e. The fourth-order valence-corrected chi connectivity index (χ4v) is 9.98. The number of aromatic nitrogens is 4. The highest BCUT2D eigenvalue weighted by molar-refractivity contribution is 5.76. The van der Waals surface area contributed by atoms with Crippen LogP contribution in [0.1, 0.15) is 22.8 Å². The number of nitrogens with zero attached hydrogens (tertiary/aromatic N) is 4. The summed E-state index contributed by atoms with van der Waals surface area (Å²) in [6.45, 7) is 11.9. The van der Waals surface area contributed by atoms with Crippen LogP contribution < -0.4 is 37.9 Å². The Balaban J connectivity index is 0.637. The molecule has 0 saturated heterocycles. The molecule has 0 aliphatic carbocycles. The number of rotatable bonds is 34. The van der Waals surface area contributed by atoms with Gasteiger partial charge in [-0.1, -0.05) is 79.4 Å². The second-order valence-electron chi connectivity index (χ2n) is 21.4. The van der Waals surface area contributed by atoms with Gasteiger partial charge < -0.3 is 56.8 Å². The molecule has 0 bridgehead atoms. The Morgan fingerprint density at radius 2 is 0.587 bits per heavy atom. The van der Waals surface area contributed by atoms with Crippen LogP contribution in [0.15, 0.2) is 206 Å². The number of hydrogen-bond acceptors (Lipinski definition) is 16. The van der Waals surface area contributed by atoms with Gasteiger partial charge in [-0.3, -0.25) is 9.97 Å². The van der Waals surface area contributed by atoms with Crippen molar-refractivity contribution in [3.05, 3.63) is 229 Å². The minimum Gasteiger partial charge on any atom is -0.497 e. The number of methoxy groups -OCH3 is 4. The summed E-state index contributed by atoms with van der Waals surface area (Å²) in [6.07, 6.45) is 0. The summed E-state index contributed by atoms with van der Waals surface area (Å²) >= 11 is 0. The van der Waals surface area contributed by atoms with E-state index in [4.69, 9.17) is 76.8 Å². The van der Waals surface area contributed by atoms with Crippen LogP contribution in [0.5, 0.6) is 46.0 Å². The molecule has 0 atom stereocenters. The standard InChI is InChI=1S/C76H76N4O12/c1-52(48-91-75-14-10-8-12-73(75)89-38-36-85-32-34-87-50-63-42-61(57-20-28-67(83-6)29-21-57)46-71(79-63)69-44-59(40-53(2)77-69)55-16-24-65(81-4)25-17-55)49-92-76-15-11-9-13-74(76)90-39-37-86-33-35-88-51-64-43-62(58-22-30-68(84-7)31-23-58)47-72(80-64)70-45-60(41-54(3)78-70)56-18-26-66(82-5)27-19-56/h8-31,40-47H,1,32-39,48-51H2,2-7H3. The van der Waals surface area contributed by atoms with Crippen LogP contribution in [0.4, 0.5) is 0 Å². The maximum Gasteiger partial charge on any atom is 0.161 e. The van der Waals surface area contributed by atoms with Crippen LogP contribution in [0, 0.1) is 13.8 Å². The number of ether oxygens (including phenoxy) is 12. The van der Waals surface area contributed by atoms with E-state index >= 15 is 0 Å². The third kappa shape index (κ3) is 18.5. The van der Waals surface area contributed by atoms with Crippen LogP contribution in [-0.4, -0.2) is 114 Å². The van der Waals surface area contributed by atoms with E-state index in [-0.39, 0.29) is 26.4 Å². The topological polar surface area (TPSA) is 162 Å². The zero-order valence-electron chi connectivity index (χ0n) is 52.9. The molecule has 6 aromatic carbocycles. The van der Waals surface area contributed by atoms with Gasteiger partial charge in [-0.15, -0.1) is 0 Å². The molecule has 0 amide bonds. The summed E-state index contributed by atoms with van der Waals surface area (Å²) in [5, 5.41) is 0. The van der Waals surface area contributed by atoms with E-state index < -0.39 is 0 Å². The average molecular weight is 1240 g/mol. The van der Waals surface area contributed by atoms with E-state index in [1.54, 1.807) is 28.4 Å². The molecule has 4 aromatic heterocycles. The van der Waals surface area contributed by atoms with Crippen molar-refractivity contribution in [2.75, 3.05) is 94.5 Å². The molecular formula is C76H76N4O12. The zero-order chi connectivity index (χ0) is 63.9. The summed E-state index contributed by atoms with van der Waals surface area (Å²) in [5.74, 6) is 5.48. The van der Waals surface area contributed by atoms with E-state index in [9.17, 15) is 0 Å². The molecule has 472 valence electrons. The molecule has 10 aromatic rings. The number of hydrogen-bond donors (Lipinski definition) is 0. The lowest BCUT2D eigenvalue weighted by molar-refractivity contribution is 0.0291. The van der Waals surface area contributed by atoms with Gasteiger partial charge in [-0.2, -0.15) is 0 Å².